The van der Waals surface area contributed by atoms with Crippen molar-refractivity contribution >= 4 is 31.9 Å². The van der Waals surface area contributed by atoms with Gasteiger partial charge >= 0.3 is 0 Å². The smallest absolute Gasteiger partial charge is 0.266 e. The maximum Gasteiger partial charge on any atom is 0.266 e. The van der Waals surface area contributed by atoms with Crippen molar-refractivity contribution in [3.8, 4) is 11.5 Å². The molecule has 0 spiro atoms. The average molecular weight is 443 g/mol. The van der Waals surface area contributed by atoms with E-state index in [2.05, 4.69) is 26.2 Å². The number of rotatable bonds is 7. The second-order valence-electron chi connectivity index (χ2n) is 5.55. The van der Waals surface area contributed by atoms with Crippen LogP contribution in [0.15, 0.2) is 51.8 Å². The predicted octanol–water partition coefficient (Wildman–Crippen LogP) is 2.87. The van der Waals surface area contributed by atoms with E-state index in [1.54, 1.807) is 18.2 Å². The fourth-order valence-corrected chi connectivity index (χ4v) is 3.12. The quantitative estimate of drug-likeness (QED) is 0.642. The summed E-state index contributed by atoms with van der Waals surface area (Å²) in [7, 11) is -2.42. The summed E-state index contributed by atoms with van der Waals surface area (Å²) in [5.41, 5.74) is 2.40. The highest BCUT2D eigenvalue weighted by atomic mass is 79.9. The van der Waals surface area contributed by atoms with Crippen LogP contribution in [0.4, 0.5) is 0 Å². The van der Waals surface area contributed by atoms with Gasteiger partial charge in [0.2, 0.25) is 0 Å². The van der Waals surface area contributed by atoms with Gasteiger partial charge in [-0.15, -0.1) is 4.83 Å². The third-order valence-corrected chi connectivity index (χ3v) is 5.00. The van der Waals surface area contributed by atoms with Gasteiger partial charge in [-0.2, -0.15) is 0 Å². The van der Waals surface area contributed by atoms with Crippen LogP contribution in [-0.2, 0) is 10.0 Å². The van der Waals surface area contributed by atoms with Gasteiger partial charge < -0.3 is 9.47 Å². The maximum absolute atomic E-state index is 12.2. The summed E-state index contributed by atoms with van der Waals surface area (Å²) in [6.45, 7) is 3.74. The number of hydrazine groups is 1. The van der Waals surface area contributed by atoms with Crippen LogP contribution in [0.5, 0.6) is 11.5 Å². The highest BCUT2D eigenvalue weighted by Crippen LogP contribution is 2.28. The maximum atomic E-state index is 12.2. The van der Waals surface area contributed by atoms with Crippen molar-refractivity contribution < 1.29 is 22.7 Å². The minimum absolute atomic E-state index is 0.0271. The molecule has 9 heteroatoms. The minimum Gasteiger partial charge on any atom is -0.493 e. The van der Waals surface area contributed by atoms with E-state index in [-0.39, 0.29) is 16.6 Å². The van der Waals surface area contributed by atoms with Gasteiger partial charge in [0.15, 0.2) is 11.5 Å². The molecule has 2 rings (SSSR count). The molecule has 1 amide bonds. The Morgan fingerprint density at radius 1 is 1.08 bits per heavy atom. The van der Waals surface area contributed by atoms with Crippen molar-refractivity contribution in [1.29, 1.82) is 0 Å². The SMILES string of the molecule is COc1cc(C(=O)NNS(=O)(=O)c2ccc(Br)cc2)ccc1OC(C)C. The predicted molar refractivity (Wildman–Crippen MR) is 101 cm³/mol. The van der Waals surface area contributed by atoms with Crippen molar-refractivity contribution in [2.75, 3.05) is 7.11 Å². The highest BCUT2D eigenvalue weighted by Gasteiger charge is 2.17. The summed E-state index contributed by atoms with van der Waals surface area (Å²) < 4.78 is 35.9. The molecule has 0 bridgehead atoms. The third-order valence-electron chi connectivity index (χ3n) is 3.21. The number of amides is 1. The van der Waals surface area contributed by atoms with Crippen LogP contribution in [0.2, 0.25) is 0 Å². The van der Waals surface area contributed by atoms with Crippen molar-refractivity contribution in [2.45, 2.75) is 24.8 Å². The number of nitrogens with one attached hydrogen (secondary N) is 2. The van der Waals surface area contributed by atoms with E-state index >= 15 is 0 Å². The monoisotopic (exact) mass is 442 g/mol. The first-order valence-electron chi connectivity index (χ1n) is 7.65. The molecule has 2 aromatic rings. The zero-order valence-corrected chi connectivity index (χ0v) is 16.8. The summed E-state index contributed by atoms with van der Waals surface area (Å²) >= 11 is 3.23. The Hall–Kier alpha value is -2.10. The van der Waals surface area contributed by atoms with Gasteiger partial charge in [0.1, 0.15) is 0 Å². The number of carbonyl (C=O) groups is 1. The number of halogens is 1. The van der Waals surface area contributed by atoms with Crippen LogP contribution in [0.3, 0.4) is 0 Å². The first-order chi connectivity index (χ1) is 12.2. The lowest BCUT2D eigenvalue weighted by atomic mass is 10.2. The van der Waals surface area contributed by atoms with Crippen LogP contribution in [0.1, 0.15) is 24.2 Å². The molecule has 0 saturated heterocycles. The molecule has 0 saturated carbocycles. The lowest BCUT2D eigenvalue weighted by Crippen LogP contribution is -2.41. The molecule has 2 aromatic carbocycles. The van der Waals surface area contributed by atoms with E-state index in [0.717, 1.165) is 4.47 Å². The Bertz CT molecular complexity index is 883. The van der Waals surface area contributed by atoms with Crippen LogP contribution >= 0.6 is 15.9 Å². The molecule has 0 fully saturated rings. The van der Waals surface area contributed by atoms with E-state index in [1.807, 2.05) is 13.8 Å². The van der Waals surface area contributed by atoms with E-state index in [9.17, 15) is 13.2 Å². The molecule has 0 aliphatic rings. The average Bonchev–Trinajstić information content (AvgIpc) is 2.60. The molecule has 0 heterocycles. The number of hydrogen-bond donors (Lipinski definition) is 2. The van der Waals surface area contributed by atoms with Gasteiger partial charge in [-0.3, -0.25) is 10.2 Å². The summed E-state index contributed by atoms with van der Waals surface area (Å²) in [4.78, 5) is 14.3. The van der Waals surface area contributed by atoms with Crippen molar-refractivity contribution in [1.82, 2.24) is 10.3 Å². The molecular formula is C17H19BrN2O5S. The van der Waals surface area contributed by atoms with Gasteiger partial charge in [-0.1, -0.05) is 15.9 Å². The van der Waals surface area contributed by atoms with E-state index in [0.29, 0.717) is 11.5 Å². The van der Waals surface area contributed by atoms with Gasteiger partial charge in [0.25, 0.3) is 15.9 Å². The number of ether oxygens (including phenoxy) is 2. The molecule has 140 valence electrons. The Kier molecular flexibility index (Phi) is 6.63. The fourth-order valence-electron chi connectivity index (χ4n) is 2.02. The largest absolute Gasteiger partial charge is 0.493 e. The molecule has 2 N–H and O–H groups in total. The molecule has 0 aliphatic heterocycles. The van der Waals surface area contributed by atoms with Crippen LogP contribution < -0.4 is 19.7 Å². The van der Waals surface area contributed by atoms with Gasteiger partial charge in [0, 0.05) is 10.0 Å². The minimum atomic E-state index is -3.88. The lowest BCUT2D eigenvalue weighted by molar-refractivity contribution is 0.0944. The van der Waals surface area contributed by atoms with E-state index < -0.39 is 15.9 Å². The number of benzene rings is 2. The first-order valence-corrected chi connectivity index (χ1v) is 9.93. The van der Waals surface area contributed by atoms with Crippen LogP contribution in [0, 0.1) is 0 Å². The zero-order valence-electron chi connectivity index (χ0n) is 14.4. The number of carbonyl (C=O) groups excluding carboxylic acids is 1. The van der Waals surface area contributed by atoms with Gasteiger partial charge in [-0.05, 0) is 56.3 Å². The molecule has 0 atom stereocenters. The molecule has 26 heavy (non-hydrogen) atoms. The van der Waals surface area contributed by atoms with Crippen molar-refractivity contribution in [2.24, 2.45) is 0 Å². The normalized spacial score (nSPS) is 11.3. The Labute approximate surface area is 160 Å². The third kappa shape index (κ3) is 5.20. The first kappa shape index (κ1) is 20.2. The second kappa shape index (κ2) is 8.52. The molecule has 0 radical (unpaired) electrons. The van der Waals surface area contributed by atoms with Gasteiger partial charge in [0.05, 0.1) is 18.1 Å². The number of sulfonamides is 1. The van der Waals surface area contributed by atoms with E-state index in [1.165, 1.54) is 31.4 Å². The lowest BCUT2D eigenvalue weighted by Gasteiger charge is -2.14. The fraction of sp³-hybridized carbons (Fsp3) is 0.235. The second-order valence-corrected chi connectivity index (χ2v) is 8.14. The van der Waals surface area contributed by atoms with Gasteiger partial charge in [-0.25, -0.2) is 8.42 Å². The Morgan fingerprint density at radius 2 is 1.73 bits per heavy atom. The molecule has 0 unspecified atom stereocenters. The summed E-state index contributed by atoms with van der Waals surface area (Å²) in [5.74, 6) is 0.247. The molecule has 7 nitrogen and oxygen atoms in total. The summed E-state index contributed by atoms with van der Waals surface area (Å²) in [5, 5.41) is 0. The number of methoxy groups -OCH3 is 1. The van der Waals surface area contributed by atoms with Crippen LogP contribution in [0.25, 0.3) is 0 Å². The molecule has 0 aliphatic carbocycles. The Morgan fingerprint density at radius 3 is 2.31 bits per heavy atom. The number of hydrogen-bond acceptors (Lipinski definition) is 5. The van der Waals surface area contributed by atoms with Crippen LogP contribution in [-0.4, -0.2) is 27.5 Å². The highest BCUT2D eigenvalue weighted by molar-refractivity contribution is 9.10. The van der Waals surface area contributed by atoms with Crippen molar-refractivity contribution in [3.63, 3.8) is 0 Å². The summed E-state index contributed by atoms with van der Waals surface area (Å²) in [6.07, 6.45) is -0.0544. The van der Waals surface area contributed by atoms with Crippen molar-refractivity contribution in [3.05, 3.63) is 52.5 Å². The Balaban J connectivity index is 2.11. The topological polar surface area (TPSA) is 93.7 Å². The van der Waals surface area contributed by atoms with E-state index in [4.69, 9.17) is 9.47 Å². The standard InChI is InChI=1S/C17H19BrN2O5S/c1-11(2)25-15-9-4-12(10-16(15)24-3)17(21)19-20-26(22,23)14-7-5-13(18)6-8-14/h4-11,20H,1-3H3,(H,19,21). The summed E-state index contributed by atoms with van der Waals surface area (Å²) in [6, 6.07) is 10.6. The molecule has 0 aromatic heterocycles. The zero-order chi connectivity index (χ0) is 19.3. The molecular weight excluding hydrogens is 424 g/mol.